The smallest absolute Gasteiger partial charge is 0.242 e. The largest absolute Gasteiger partial charge is 0.273 e. The summed E-state index contributed by atoms with van der Waals surface area (Å²) in [6, 6.07) is 14.4. The number of fused-ring (bicyclic) bond motifs is 1. The highest BCUT2D eigenvalue weighted by Crippen LogP contribution is 2.45. The summed E-state index contributed by atoms with van der Waals surface area (Å²) in [5.41, 5.74) is 4.60. The second-order valence-electron chi connectivity index (χ2n) is 5.77. The average molecular weight is 345 g/mol. The summed E-state index contributed by atoms with van der Waals surface area (Å²) in [4.78, 5) is 12.2. The summed E-state index contributed by atoms with van der Waals surface area (Å²) in [6.07, 6.45) is 0.495. The maximum Gasteiger partial charge on any atom is 0.242 e. The SMILES string of the molecule is C/C(=N/NC(=O)CC1(C)SCCS1)c1cccc2ccccc12. The van der Waals surface area contributed by atoms with Gasteiger partial charge in [0.25, 0.3) is 0 Å². The van der Waals surface area contributed by atoms with Gasteiger partial charge < -0.3 is 0 Å². The first-order valence-corrected chi connectivity index (χ1v) is 9.64. The molecule has 1 saturated heterocycles. The van der Waals surface area contributed by atoms with E-state index in [1.165, 1.54) is 5.39 Å². The van der Waals surface area contributed by atoms with Gasteiger partial charge >= 0.3 is 0 Å². The van der Waals surface area contributed by atoms with Crippen molar-refractivity contribution in [1.82, 2.24) is 5.43 Å². The first kappa shape index (κ1) is 16.4. The van der Waals surface area contributed by atoms with Crippen LogP contribution in [0, 0.1) is 0 Å². The topological polar surface area (TPSA) is 41.5 Å². The zero-order chi connectivity index (χ0) is 16.3. The minimum atomic E-state index is -0.0195. The molecule has 5 heteroatoms. The lowest BCUT2D eigenvalue weighted by molar-refractivity contribution is -0.121. The van der Waals surface area contributed by atoms with Crippen LogP contribution in [-0.4, -0.2) is 27.2 Å². The van der Waals surface area contributed by atoms with Gasteiger partial charge in [-0.25, -0.2) is 5.43 Å². The number of carbonyl (C=O) groups excluding carboxylic acids is 1. The third kappa shape index (κ3) is 3.90. The van der Waals surface area contributed by atoms with Crippen molar-refractivity contribution >= 4 is 45.9 Å². The van der Waals surface area contributed by atoms with E-state index in [0.29, 0.717) is 6.42 Å². The number of nitrogens with one attached hydrogen (secondary N) is 1. The molecule has 1 aliphatic heterocycles. The normalized spacial score (nSPS) is 17.4. The summed E-state index contributed by atoms with van der Waals surface area (Å²) >= 11 is 3.72. The molecule has 0 atom stereocenters. The minimum absolute atomic E-state index is 0.00699. The van der Waals surface area contributed by atoms with Gasteiger partial charge in [-0.05, 0) is 24.6 Å². The van der Waals surface area contributed by atoms with E-state index in [1.54, 1.807) is 0 Å². The zero-order valence-corrected chi connectivity index (χ0v) is 15.0. The Balaban J connectivity index is 1.73. The van der Waals surface area contributed by atoms with E-state index < -0.39 is 0 Å². The number of thioether (sulfide) groups is 2. The van der Waals surface area contributed by atoms with E-state index >= 15 is 0 Å². The van der Waals surface area contributed by atoms with Gasteiger partial charge in [-0.1, -0.05) is 42.5 Å². The predicted molar refractivity (Wildman–Crippen MR) is 102 cm³/mol. The van der Waals surface area contributed by atoms with Gasteiger partial charge in [-0.3, -0.25) is 4.79 Å². The fourth-order valence-corrected chi connectivity index (χ4v) is 5.57. The number of hydrogen-bond donors (Lipinski definition) is 1. The molecule has 2 aromatic rings. The third-order valence-corrected chi connectivity index (χ3v) is 7.20. The lowest BCUT2D eigenvalue weighted by Gasteiger charge is -2.19. The Labute approximate surface area is 145 Å². The van der Waals surface area contributed by atoms with Crippen molar-refractivity contribution in [3.63, 3.8) is 0 Å². The van der Waals surface area contributed by atoms with E-state index in [-0.39, 0.29) is 9.99 Å². The highest BCUT2D eigenvalue weighted by Gasteiger charge is 2.32. The number of amides is 1. The maximum absolute atomic E-state index is 12.2. The molecule has 120 valence electrons. The van der Waals surface area contributed by atoms with Crippen LogP contribution in [0.25, 0.3) is 10.8 Å². The van der Waals surface area contributed by atoms with Crippen LogP contribution in [-0.2, 0) is 4.79 Å². The first-order chi connectivity index (χ1) is 11.1. The molecule has 0 spiro atoms. The van der Waals surface area contributed by atoms with Crippen LogP contribution < -0.4 is 5.43 Å². The van der Waals surface area contributed by atoms with Crippen LogP contribution >= 0.6 is 23.5 Å². The molecule has 1 heterocycles. The summed E-state index contributed by atoms with van der Waals surface area (Å²) in [6.45, 7) is 4.07. The Morgan fingerprint density at radius 3 is 2.65 bits per heavy atom. The van der Waals surface area contributed by atoms with Gasteiger partial charge in [0.1, 0.15) is 0 Å². The van der Waals surface area contributed by atoms with Crippen LogP contribution in [0.2, 0.25) is 0 Å². The van der Waals surface area contributed by atoms with E-state index in [0.717, 1.165) is 28.2 Å². The second kappa shape index (κ2) is 6.97. The third-order valence-electron chi connectivity index (χ3n) is 3.91. The van der Waals surface area contributed by atoms with Crippen molar-refractivity contribution in [3.05, 3.63) is 48.0 Å². The molecule has 0 aromatic heterocycles. The molecule has 1 amide bonds. The molecule has 0 aliphatic carbocycles. The molecule has 0 unspecified atom stereocenters. The highest BCUT2D eigenvalue weighted by molar-refractivity contribution is 8.21. The Morgan fingerprint density at radius 1 is 1.17 bits per heavy atom. The van der Waals surface area contributed by atoms with Gasteiger partial charge in [0, 0.05) is 17.1 Å². The van der Waals surface area contributed by atoms with Crippen molar-refractivity contribution in [3.8, 4) is 0 Å². The number of rotatable bonds is 4. The molecular weight excluding hydrogens is 324 g/mol. The van der Waals surface area contributed by atoms with Gasteiger partial charge in [0.15, 0.2) is 0 Å². The Hall–Kier alpha value is -1.46. The molecule has 3 nitrogen and oxygen atoms in total. The predicted octanol–water partition coefficient (Wildman–Crippen LogP) is 4.27. The number of hydrogen-bond acceptors (Lipinski definition) is 4. The molecule has 0 saturated carbocycles. The molecule has 3 rings (SSSR count). The second-order valence-corrected chi connectivity index (χ2v) is 9.22. The lowest BCUT2D eigenvalue weighted by atomic mass is 10.0. The first-order valence-electron chi connectivity index (χ1n) is 7.67. The van der Waals surface area contributed by atoms with E-state index in [2.05, 4.69) is 35.7 Å². The number of benzene rings is 2. The molecule has 0 radical (unpaired) electrons. The van der Waals surface area contributed by atoms with Crippen LogP contribution in [0.3, 0.4) is 0 Å². The Bertz CT molecular complexity index is 746. The monoisotopic (exact) mass is 344 g/mol. The standard InChI is InChI=1S/C18H20N2OS2/c1-13(15-9-5-7-14-6-3-4-8-16(14)15)19-20-17(21)12-18(2)22-10-11-23-18/h3-9H,10-12H2,1-2H3,(H,20,21)/b19-13-. The maximum atomic E-state index is 12.2. The zero-order valence-electron chi connectivity index (χ0n) is 13.3. The van der Waals surface area contributed by atoms with E-state index in [1.807, 2.05) is 54.7 Å². The Kier molecular flexibility index (Phi) is 4.97. The fourth-order valence-electron chi connectivity index (χ4n) is 2.74. The number of nitrogens with zero attached hydrogens (tertiary/aromatic N) is 1. The van der Waals surface area contributed by atoms with Crippen LogP contribution in [0.4, 0.5) is 0 Å². The summed E-state index contributed by atoms with van der Waals surface area (Å²) < 4.78 is -0.00699. The molecule has 1 fully saturated rings. The molecular formula is C18H20N2OS2. The molecule has 0 bridgehead atoms. The van der Waals surface area contributed by atoms with Crippen LogP contribution in [0.5, 0.6) is 0 Å². The van der Waals surface area contributed by atoms with Crippen molar-refractivity contribution in [2.75, 3.05) is 11.5 Å². The fraction of sp³-hybridized carbons (Fsp3) is 0.333. The minimum Gasteiger partial charge on any atom is -0.273 e. The van der Waals surface area contributed by atoms with Gasteiger partial charge in [-0.15, -0.1) is 23.5 Å². The van der Waals surface area contributed by atoms with Gasteiger partial charge in [-0.2, -0.15) is 5.10 Å². The van der Waals surface area contributed by atoms with Gasteiger partial charge in [0.05, 0.1) is 16.2 Å². The summed E-state index contributed by atoms with van der Waals surface area (Å²) in [5.74, 6) is 2.22. The lowest BCUT2D eigenvalue weighted by Crippen LogP contribution is -2.26. The number of carbonyl (C=O) groups is 1. The van der Waals surface area contributed by atoms with Crippen molar-refractivity contribution in [2.24, 2.45) is 5.10 Å². The highest BCUT2D eigenvalue weighted by atomic mass is 32.2. The molecule has 23 heavy (non-hydrogen) atoms. The quantitative estimate of drug-likeness (QED) is 0.665. The van der Waals surface area contributed by atoms with Gasteiger partial charge in [0.2, 0.25) is 5.91 Å². The van der Waals surface area contributed by atoms with Crippen molar-refractivity contribution in [1.29, 1.82) is 0 Å². The molecule has 1 aliphatic rings. The van der Waals surface area contributed by atoms with E-state index in [9.17, 15) is 4.79 Å². The molecule has 1 N–H and O–H groups in total. The van der Waals surface area contributed by atoms with E-state index in [4.69, 9.17) is 0 Å². The van der Waals surface area contributed by atoms with Crippen LogP contribution in [0.1, 0.15) is 25.8 Å². The average Bonchev–Trinajstić information content (AvgIpc) is 2.98. The Morgan fingerprint density at radius 2 is 1.87 bits per heavy atom. The van der Waals surface area contributed by atoms with Crippen molar-refractivity contribution < 1.29 is 4.79 Å². The summed E-state index contributed by atoms with van der Waals surface area (Å²) in [5, 5.41) is 6.65. The molecule has 2 aromatic carbocycles. The summed E-state index contributed by atoms with van der Waals surface area (Å²) in [7, 11) is 0. The number of hydrazone groups is 1. The van der Waals surface area contributed by atoms with Crippen LogP contribution in [0.15, 0.2) is 47.6 Å². The van der Waals surface area contributed by atoms with Crippen molar-refractivity contribution in [2.45, 2.75) is 24.3 Å².